The normalized spacial score (nSPS) is 16.4. The molecule has 2 N–H and O–H groups in total. The summed E-state index contributed by atoms with van der Waals surface area (Å²) >= 11 is 0. The van der Waals surface area contributed by atoms with E-state index in [9.17, 15) is 4.79 Å². The molecule has 0 aliphatic carbocycles. The van der Waals surface area contributed by atoms with Gasteiger partial charge in [-0.2, -0.15) is 0 Å². The van der Waals surface area contributed by atoms with Crippen LogP contribution in [0.2, 0.25) is 0 Å². The number of nitrogens with two attached hydrogens (primary N) is 1. The molecule has 1 amide bonds. The summed E-state index contributed by atoms with van der Waals surface area (Å²) in [5.74, 6) is 0.561. The minimum absolute atomic E-state index is 0.136. The molecule has 1 atom stereocenters. The van der Waals surface area contributed by atoms with Crippen molar-refractivity contribution in [2.24, 2.45) is 5.73 Å². The lowest BCUT2D eigenvalue weighted by Gasteiger charge is -2.11. The average Bonchev–Trinajstić information content (AvgIpc) is 2.55. The molecule has 1 aromatic rings. The number of nitrogens with zero attached hydrogens (tertiary/aromatic N) is 1. The van der Waals surface area contributed by atoms with Gasteiger partial charge in [-0.05, 0) is 36.1 Å². The van der Waals surface area contributed by atoms with E-state index in [4.69, 9.17) is 5.73 Å². The summed E-state index contributed by atoms with van der Waals surface area (Å²) in [6.07, 6.45) is 0.961. The van der Waals surface area contributed by atoms with Gasteiger partial charge in [-0.25, -0.2) is 0 Å². The monoisotopic (exact) mass is 218 g/mol. The fourth-order valence-electron chi connectivity index (χ4n) is 2.19. The highest BCUT2D eigenvalue weighted by molar-refractivity contribution is 5.98. The predicted molar refractivity (Wildman–Crippen MR) is 64.3 cm³/mol. The maximum atomic E-state index is 11.8. The van der Waals surface area contributed by atoms with Crippen molar-refractivity contribution >= 4 is 5.91 Å². The van der Waals surface area contributed by atoms with Gasteiger partial charge in [0.05, 0.1) is 0 Å². The first kappa shape index (κ1) is 11.1. The van der Waals surface area contributed by atoms with E-state index < -0.39 is 0 Å². The maximum absolute atomic E-state index is 11.8. The summed E-state index contributed by atoms with van der Waals surface area (Å²) in [5, 5.41) is 0. The third-order valence-electron chi connectivity index (χ3n) is 3.29. The molecule has 0 radical (unpaired) electrons. The van der Waals surface area contributed by atoms with Crippen LogP contribution in [0.4, 0.5) is 0 Å². The average molecular weight is 218 g/mol. The second-order valence-corrected chi connectivity index (χ2v) is 4.56. The Morgan fingerprint density at radius 1 is 1.50 bits per heavy atom. The molecule has 3 nitrogen and oxygen atoms in total. The van der Waals surface area contributed by atoms with Crippen molar-refractivity contribution in [1.29, 1.82) is 0 Å². The van der Waals surface area contributed by atoms with Crippen LogP contribution in [0.3, 0.4) is 0 Å². The molecule has 1 unspecified atom stereocenters. The van der Waals surface area contributed by atoms with E-state index in [0.29, 0.717) is 12.5 Å². The van der Waals surface area contributed by atoms with Crippen LogP contribution in [-0.2, 0) is 6.54 Å². The van der Waals surface area contributed by atoms with E-state index in [0.717, 1.165) is 24.1 Å². The smallest absolute Gasteiger partial charge is 0.254 e. The molecule has 0 fully saturated rings. The van der Waals surface area contributed by atoms with E-state index in [2.05, 4.69) is 19.1 Å². The zero-order valence-electron chi connectivity index (χ0n) is 9.86. The zero-order valence-corrected chi connectivity index (χ0v) is 9.86. The number of rotatable bonds is 3. The lowest BCUT2D eigenvalue weighted by atomic mass is 9.94. The van der Waals surface area contributed by atoms with E-state index in [-0.39, 0.29) is 5.91 Å². The third-order valence-corrected chi connectivity index (χ3v) is 3.29. The van der Waals surface area contributed by atoms with Crippen molar-refractivity contribution in [2.45, 2.75) is 25.8 Å². The van der Waals surface area contributed by atoms with Crippen molar-refractivity contribution in [3.05, 3.63) is 34.9 Å². The Bertz CT molecular complexity index is 414. The molecule has 0 spiro atoms. The van der Waals surface area contributed by atoms with Crippen LogP contribution in [0, 0.1) is 0 Å². The van der Waals surface area contributed by atoms with Crippen LogP contribution in [0.5, 0.6) is 0 Å². The van der Waals surface area contributed by atoms with Crippen molar-refractivity contribution in [1.82, 2.24) is 4.90 Å². The van der Waals surface area contributed by atoms with E-state index in [1.807, 2.05) is 13.1 Å². The van der Waals surface area contributed by atoms with Gasteiger partial charge in [0.15, 0.2) is 0 Å². The van der Waals surface area contributed by atoms with Gasteiger partial charge in [-0.1, -0.05) is 19.1 Å². The highest BCUT2D eigenvalue weighted by Gasteiger charge is 2.24. The minimum atomic E-state index is 0.136. The maximum Gasteiger partial charge on any atom is 0.254 e. The number of fused-ring (bicyclic) bond motifs is 1. The van der Waals surface area contributed by atoms with Crippen molar-refractivity contribution in [3.63, 3.8) is 0 Å². The van der Waals surface area contributed by atoms with E-state index in [1.54, 1.807) is 4.90 Å². The fourth-order valence-corrected chi connectivity index (χ4v) is 2.19. The van der Waals surface area contributed by atoms with Gasteiger partial charge in [0.25, 0.3) is 5.91 Å². The summed E-state index contributed by atoms with van der Waals surface area (Å²) in [5.41, 5.74) is 8.77. The molecule has 1 aliphatic heterocycles. The number of benzene rings is 1. The van der Waals surface area contributed by atoms with Crippen molar-refractivity contribution < 1.29 is 4.79 Å². The molecule has 0 saturated carbocycles. The van der Waals surface area contributed by atoms with Gasteiger partial charge in [0.2, 0.25) is 0 Å². The van der Waals surface area contributed by atoms with Crippen LogP contribution >= 0.6 is 0 Å². The molecule has 2 rings (SSSR count). The molecule has 0 bridgehead atoms. The molecule has 1 aliphatic rings. The molecular weight excluding hydrogens is 200 g/mol. The zero-order chi connectivity index (χ0) is 11.7. The van der Waals surface area contributed by atoms with E-state index in [1.165, 1.54) is 5.56 Å². The van der Waals surface area contributed by atoms with Crippen LogP contribution in [0.25, 0.3) is 0 Å². The molecular formula is C13H18N2O. The first-order valence-corrected chi connectivity index (χ1v) is 5.72. The van der Waals surface area contributed by atoms with Gasteiger partial charge >= 0.3 is 0 Å². The van der Waals surface area contributed by atoms with Crippen LogP contribution in [0.15, 0.2) is 18.2 Å². The molecule has 1 heterocycles. The van der Waals surface area contributed by atoms with Gasteiger partial charge < -0.3 is 10.6 Å². The highest BCUT2D eigenvalue weighted by atomic mass is 16.2. The Morgan fingerprint density at radius 3 is 2.94 bits per heavy atom. The lowest BCUT2D eigenvalue weighted by Crippen LogP contribution is -2.17. The Morgan fingerprint density at radius 2 is 2.25 bits per heavy atom. The predicted octanol–water partition coefficient (Wildman–Crippen LogP) is 1.72. The summed E-state index contributed by atoms with van der Waals surface area (Å²) < 4.78 is 0. The number of hydrogen-bond donors (Lipinski definition) is 1. The first-order valence-electron chi connectivity index (χ1n) is 5.72. The summed E-state index contributed by atoms with van der Waals surface area (Å²) in [6, 6.07) is 6.21. The molecule has 3 heteroatoms. The standard InChI is InChI=1S/C13H18N2O/c1-9(5-6-14)10-3-4-11-8-15(2)13(16)12(11)7-10/h3-4,7,9H,5-6,8,14H2,1-2H3. The van der Waals surface area contributed by atoms with Gasteiger partial charge in [-0.3, -0.25) is 4.79 Å². The van der Waals surface area contributed by atoms with Gasteiger partial charge in [0, 0.05) is 19.2 Å². The Labute approximate surface area is 96.2 Å². The van der Waals surface area contributed by atoms with Crippen LogP contribution in [0.1, 0.15) is 40.7 Å². The van der Waals surface area contributed by atoms with Crippen LogP contribution in [-0.4, -0.2) is 24.4 Å². The topological polar surface area (TPSA) is 46.3 Å². The quantitative estimate of drug-likeness (QED) is 0.839. The number of amides is 1. The summed E-state index contributed by atoms with van der Waals surface area (Å²) in [6.45, 7) is 3.57. The minimum Gasteiger partial charge on any atom is -0.337 e. The number of carbonyl (C=O) groups excluding carboxylic acids is 1. The first-order chi connectivity index (χ1) is 7.63. The molecule has 0 saturated heterocycles. The third kappa shape index (κ3) is 1.83. The van der Waals surface area contributed by atoms with Crippen molar-refractivity contribution in [2.75, 3.05) is 13.6 Å². The Kier molecular flexibility index (Phi) is 2.97. The Balaban J connectivity index is 2.30. The summed E-state index contributed by atoms with van der Waals surface area (Å²) in [7, 11) is 1.84. The molecule has 0 aromatic heterocycles. The largest absolute Gasteiger partial charge is 0.337 e. The van der Waals surface area contributed by atoms with Gasteiger partial charge in [-0.15, -0.1) is 0 Å². The second-order valence-electron chi connectivity index (χ2n) is 4.56. The Hall–Kier alpha value is -1.35. The highest BCUT2D eigenvalue weighted by Crippen LogP contribution is 2.26. The fraction of sp³-hybridized carbons (Fsp3) is 0.462. The van der Waals surface area contributed by atoms with Crippen LogP contribution < -0.4 is 5.73 Å². The number of carbonyl (C=O) groups is 1. The van der Waals surface area contributed by atoms with Crippen molar-refractivity contribution in [3.8, 4) is 0 Å². The second kappa shape index (κ2) is 4.26. The molecule has 16 heavy (non-hydrogen) atoms. The SMILES string of the molecule is CC(CCN)c1ccc2c(c1)C(=O)N(C)C2. The number of hydrogen-bond acceptors (Lipinski definition) is 2. The lowest BCUT2D eigenvalue weighted by molar-refractivity contribution is 0.0816. The van der Waals surface area contributed by atoms with E-state index >= 15 is 0 Å². The summed E-state index contributed by atoms with van der Waals surface area (Å²) in [4.78, 5) is 13.6. The van der Waals surface area contributed by atoms with Gasteiger partial charge in [0.1, 0.15) is 0 Å². The molecule has 86 valence electrons. The molecule has 1 aromatic carbocycles.